The molecule has 2 aromatic carbocycles. The summed E-state index contributed by atoms with van der Waals surface area (Å²) < 4.78 is 5.59. The van der Waals surface area contributed by atoms with Crippen LogP contribution in [0.25, 0.3) is 22.2 Å². The van der Waals surface area contributed by atoms with Gasteiger partial charge < -0.3 is 9.72 Å². The summed E-state index contributed by atoms with van der Waals surface area (Å²) in [6, 6.07) is 14.6. The van der Waals surface area contributed by atoms with E-state index in [1.54, 1.807) is 18.9 Å². The molecule has 1 aromatic heterocycles. The van der Waals surface area contributed by atoms with Crippen molar-refractivity contribution in [2.75, 3.05) is 13.4 Å². The van der Waals surface area contributed by atoms with Crippen LogP contribution in [0.15, 0.2) is 52.5 Å². The molecule has 0 radical (unpaired) electrons. The SMILES string of the molecule is COc1cc(SC)ccc1-c1cc2cc(C3=NNC(=O)CC3C)ccc2[nH]1. The van der Waals surface area contributed by atoms with Crippen LogP contribution in [0.5, 0.6) is 5.75 Å². The number of carbonyl (C=O) groups excluding carboxylic acids is 1. The van der Waals surface area contributed by atoms with Crippen LogP contribution >= 0.6 is 11.8 Å². The van der Waals surface area contributed by atoms with Gasteiger partial charge in [-0.3, -0.25) is 4.79 Å². The third kappa shape index (κ3) is 3.32. The third-order valence-electron chi connectivity index (χ3n) is 4.87. The van der Waals surface area contributed by atoms with Gasteiger partial charge in [-0.15, -0.1) is 11.8 Å². The van der Waals surface area contributed by atoms with Crippen LogP contribution in [0, 0.1) is 5.92 Å². The second-order valence-electron chi connectivity index (χ2n) is 6.69. The predicted molar refractivity (Wildman–Crippen MR) is 111 cm³/mol. The smallest absolute Gasteiger partial charge is 0.240 e. The molecular weight excluding hydrogens is 358 g/mol. The van der Waals surface area contributed by atoms with Crippen LogP contribution in [0.1, 0.15) is 18.9 Å². The monoisotopic (exact) mass is 379 g/mol. The van der Waals surface area contributed by atoms with Gasteiger partial charge in [-0.1, -0.05) is 13.0 Å². The molecule has 5 nitrogen and oxygen atoms in total. The van der Waals surface area contributed by atoms with Crippen molar-refractivity contribution >= 4 is 34.3 Å². The summed E-state index contributed by atoms with van der Waals surface area (Å²) in [5.41, 5.74) is 7.64. The molecule has 0 saturated carbocycles. The summed E-state index contributed by atoms with van der Waals surface area (Å²) >= 11 is 1.69. The Morgan fingerprint density at radius 3 is 2.78 bits per heavy atom. The highest BCUT2D eigenvalue weighted by atomic mass is 32.2. The van der Waals surface area contributed by atoms with Gasteiger partial charge in [0, 0.05) is 33.7 Å². The van der Waals surface area contributed by atoms with Crippen LogP contribution in [0.2, 0.25) is 0 Å². The topological polar surface area (TPSA) is 66.5 Å². The van der Waals surface area contributed by atoms with E-state index < -0.39 is 0 Å². The van der Waals surface area contributed by atoms with E-state index in [1.165, 1.54) is 4.90 Å². The molecule has 1 aliphatic rings. The van der Waals surface area contributed by atoms with E-state index in [0.717, 1.165) is 39.2 Å². The van der Waals surface area contributed by atoms with E-state index in [-0.39, 0.29) is 11.8 Å². The van der Waals surface area contributed by atoms with Gasteiger partial charge in [-0.2, -0.15) is 5.10 Å². The first-order valence-electron chi connectivity index (χ1n) is 8.81. The average molecular weight is 379 g/mol. The van der Waals surface area contributed by atoms with Crippen LogP contribution in [-0.4, -0.2) is 30.0 Å². The number of benzene rings is 2. The molecule has 6 heteroatoms. The van der Waals surface area contributed by atoms with E-state index in [9.17, 15) is 4.79 Å². The van der Waals surface area contributed by atoms with Crippen molar-refractivity contribution in [3.05, 3.63) is 48.0 Å². The fourth-order valence-electron chi connectivity index (χ4n) is 3.46. The predicted octanol–water partition coefficient (Wildman–Crippen LogP) is 4.43. The Labute approximate surface area is 162 Å². The number of carbonyl (C=O) groups is 1. The van der Waals surface area contributed by atoms with Gasteiger partial charge in [0.1, 0.15) is 5.75 Å². The van der Waals surface area contributed by atoms with Crippen molar-refractivity contribution in [3.63, 3.8) is 0 Å². The lowest BCUT2D eigenvalue weighted by Gasteiger charge is -2.19. The lowest BCUT2D eigenvalue weighted by molar-refractivity contribution is -0.121. The molecule has 1 amide bonds. The van der Waals surface area contributed by atoms with Crippen LogP contribution < -0.4 is 10.2 Å². The molecule has 2 heterocycles. The number of nitrogens with one attached hydrogen (secondary N) is 2. The maximum atomic E-state index is 11.5. The van der Waals surface area contributed by atoms with Gasteiger partial charge in [0.15, 0.2) is 0 Å². The second-order valence-corrected chi connectivity index (χ2v) is 7.57. The Morgan fingerprint density at radius 2 is 2.04 bits per heavy atom. The third-order valence-corrected chi connectivity index (χ3v) is 5.60. The van der Waals surface area contributed by atoms with E-state index in [0.29, 0.717) is 6.42 Å². The quantitative estimate of drug-likeness (QED) is 0.659. The summed E-state index contributed by atoms with van der Waals surface area (Å²) in [6.07, 6.45) is 2.52. The van der Waals surface area contributed by atoms with E-state index in [2.05, 4.69) is 58.2 Å². The Hall–Kier alpha value is -2.73. The van der Waals surface area contributed by atoms with Crippen LogP contribution in [0.4, 0.5) is 0 Å². The van der Waals surface area contributed by atoms with E-state index >= 15 is 0 Å². The number of hydrazone groups is 1. The molecule has 0 bridgehead atoms. The normalized spacial score (nSPS) is 16.9. The Kier molecular flexibility index (Phi) is 4.66. The number of aromatic amines is 1. The average Bonchev–Trinajstić information content (AvgIpc) is 3.10. The fraction of sp³-hybridized carbons (Fsp3) is 0.238. The summed E-state index contributed by atoms with van der Waals surface area (Å²) in [7, 11) is 1.70. The standard InChI is InChI=1S/C21H21N3O2S/c1-12-8-20(25)23-24-21(12)13-4-7-17-14(9-13)10-18(22-17)16-6-5-15(27-3)11-19(16)26-2/h4-7,9-12,22H,8H2,1-3H3,(H,23,25). The molecular formula is C21H21N3O2S. The number of rotatable bonds is 4. The molecule has 1 aliphatic heterocycles. The van der Waals surface area contributed by atoms with E-state index in [4.69, 9.17) is 4.74 Å². The number of hydrogen-bond acceptors (Lipinski definition) is 4. The molecule has 1 unspecified atom stereocenters. The van der Waals surface area contributed by atoms with Gasteiger partial charge in [0.2, 0.25) is 5.91 Å². The highest BCUT2D eigenvalue weighted by Crippen LogP contribution is 2.35. The molecule has 0 aliphatic carbocycles. The van der Waals surface area contributed by atoms with Crippen molar-refractivity contribution in [2.45, 2.75) is 18.2 Å². The summed E-state index contributed by atoms with van der Waals surface area (Å²) in [6.45, 7) is 2.03. The minimum absolute atomic E-state index is 0.0305. The summed E-state index contributed by atoms with van der Waals surface area (Å²) in [4.78, 5) is 16.1. The number of amides is 1. The maximum Gasteiger partial charge on any atom is 0.240 e. The van der Waals surface area contributed by atoms with Crippen molar-refractivity contribution < 1.29 is 9.53 Å². The molecule has 3 aromatic rings. The first kappa shape index (κ1) is 17.7. The number of aromatic nitrogens is 1. The number of hydrogen-bond donors (Lipinski definition) is 2. The van der Waals surface area contributed by atoms with Gasteiger partial charge in [0.25, 0.3) is 0 Å². The zero-order valence-corrected chi connectivity index (χ0v) is 16.3. The molecule has 1 atom stereocenters. The van der Waals surface area contributed by atoms with Gasteiger partial charge in [-0.05, 0) is 48.2 Å². The summed E-state index contributed by atoms with van der Waals surface area (Å²) in [5, 5.41) is 5.37. The zero-order chi connectivity index (χ0) is 19.0. The number of nitrogens with zero attached hydrogens (tertiary/aromatic N) is 1. The number of H-pyrrole nitrogens is 1. The Morgan fingerprint density at radius 1 is 1.19 bits per heavy atom. The molecule has 0 fully saturated rings. The van der Waals surface area contributed by atoms with Crippen LogP contribution in [-0.2, 0) is 4.79 Å². The minimum Gasteiger partial charge on any atom is -0.496 e. The van der Waals surface area contributed by atoms with Crippen molar-refractivity contribution in [1.82, 2.24) is 10.4 Å². The van der Waals surface area contributed by atoms with Crippen LogP contribution in [0.3, 0.4) is 0 Å². The lowest BCUT2D eigenvalue weighted by Crippen LogP contribution is -2.31. The van der Waals surface area contributed by atoms with Gasteiger partial charge in [-0.25, -0.2) is 5.43 Å². The minimum atomic E-state index is -0.0305. The number of thioether (sulfide) groups is 1. The van der Waals surface area contributed by atoms with Crippen molar-refractivity contribution in [1.29, 1.82) is 0 Å². The first-order chi connectivity index (χ1) is 13.1. The molecule has 0 spiro atoms. The Balaban J connectivity index is 1.75. The van der Waals surface area contributed by atoms with Crippen molar-refractivity contribution in [2.24, 2.45) is 11.0 Å². The molecule has 138 valence electrons. The Bertz CT molecular complexity index is 1050. The number of ether oxygens (including phenoxy) is 1. The number of fused-ring (bicyclic) bond motifs is 1. The van der Waals surface area contributed by atoms with Gasteiger partial charge in [0.05, 0.1) is 18.5 Å². The highest BCUT2D eigenvalue weighted by Gasteiger charge is 2.22. The lowest BCUT2D eigenvalue weighted by atomic mass is 9.93. The van der Waals surface area contributed by atoms with E-state index in [1.807, 2.05) is 13.0 Å². The van der Waals surface area contributed by atoms with Gasteiger partial charge >= 0.3 is 0 Å². The first-order valence-corrected chi connectivity index (χ1v) is 10.0. The summed E-state index contributed by atoms with van der Waals surface area (Å²) in [5.74, 6) is 0.924. The number of methoxy groups -OCH3 is 1. The molecule has 2 N–H and O–H groups in total. The molecule has 4 rings (SSSR count). The highest BCUT2D eigenvalue weighted by molar-refractivity contribution is 7.98. The van der Waals surface area contributed by atoms with Crippen molar-refractivity contribution in [3.8, 4) is 17.0 Å². The molecule has 0 saturated heterocycles. The maximum absolute atomic E-state index is 11.5. The fourth-order valence-corrected chi connectivity index (χ4v) is 3.89. The largest absolute Gasteiger partial charge is 0.496 e. The molecule has 27 heavy (non-hydrogen) atoms. The zero-order valence-electron chi connectivity index (χ0n) is 15.5. The second kappa shape index (κ2) is 7.12.